The molecule has 0 radical (unpaired) electrons. The lowest BCUT2D eigenvalue weighted by atomic mass is 9.99. The van der Waals surface area contributed by atoms with E-state index in [1.807, 2.05) is 35.7 Å². The molecular formula is C19H14N2O2S. The number of carbonyl (C=O) groups is 1. The lowest BCUT2D eigenvalue weighted by molar-refractivity contribution is 0.0979. The zero-order chi connectivity index (χ0) is 16.9. The van der Waals surface area contributed by atoms with Crippen LogP contribution in [0.5, 0.6) is 5.75 Å². The van der Waals surface area contributed by atoms with E-state index in [0.717, 1.165) is 17.0 Å². The molecule has 0 aliphatic rings. The van der Waals surface area contributed by atoms with Gasteiger partial charge in [-0.2, -0.15) is 5.26 Å². The topological polar surface area (TPSA) is 63.0 Å². The molecule has 5 heteroatoms. The molecule has 0 amide bonds. The fraction of sp³-hybridized carbons (Fsp3) is 0.105. The number of rotatable bonds is 5. The Bertz CT molecular complexity index is 880. The van der Waals surface area contributed by atoms with Gasteiger partial charge in [0, 0.05) is 16.5 Å². The smallest absolute Gasteiger partial charge is 0.186 e. The van der Waals surface area contributed by atoms with Crippen LogP contribution in [0, 0.1) is 11.3 Å². The van der Waals surface area contributed by atoms with Crippen LogP contribution in [0.2, 0.25) is 0 Å². The van der Waals surface area contributed by atoms with Gasteiger partial charge in [-0.25, -0.2) is 4.98 Å². The number of hydrogen-bond donors (Lipinski definition) is 0. The van der Waals surface area contributed by atoms with Crippen molar-refractivity contribution in [2.45, 2.75) is 5.92 Å². The quantitative estimate of drug-likeness (QED) is 0.652. The van der Waals surface area contributed by atoms with Gasteiger partial charge in [0.1, 0.15) is 10.8 Å². The molecule has 1 atom stereocenters. The van der Waals surface area contributed by atoms with Gasteiger partial charge in [0.15, 0.2) is 11.7 Å². The number of Topliss-reactive ketones (excluding diaryl/α,β-unsaturated/α-hetero) is 1. The molecule has 1 unspecified atom stereocenters. The minimum Gasteiger partial charge on any atom is -0.497 e. The first-order valence-electron chi connectivity index (χ1n) is 7.31. The van der Waals surface area contributed by atoms with Gasteiger partial charge in [-0.3, -0.25) is 4.79 Å². The molecule has 118 valence electrons. The lowest BCUT2D eigenvalue weighted by Gasteiger charge is -2.05. The average molecular weight is 334 g/mol. The minimum absolute atomic E-state index is 0.228. The number of nitrogens with zero attached hydrogens (tertiary/aromatic N) is 2. The molecule has 0 fully saturated rings. The Morgan fingerprint density at radius 1 is 1.17 bits per heavy atom. The van der Waals surface area contributed by atoms with E-state index in [0.29, 0.717) is 10.6 Å². The largest absolute Gasteiger partial charge is 0.497 e. The molecule has 0 aliphatic heterocycles. The molecule has 0 saturated carbocycles. The van der Waals surface area contributed by atoms with E-state index in [1.54, 1.807) is 31.4 Å². The van der Waals surface area contributed by atoms with Crippen LogP contribution in [0.15, 0.2) is 60.0 Å². The zero-order valence-electron chi connectivity index (χ0n) is 13.0. The highest BCUT2D eigenvalue weighted by atomic mass is 32.1. The number of ether oxygens (including phenoxy) is 1. The Morgan fingerprint density at radius 3 is 2.50 bits per heavy atom. The molecule has 0 N–H and O–H groups in total. The molecule has 3 aromatic rings. The number of thiazole rings is 1. The molecule has 4 nitrogen and oxygen atoms in total. The van der Waals surface area contributed by atoms with Gasteiger partial charge in [-0.05, 0) is 24.3 Å². The zero-order valence-corrected chi connectivity index (χ0v) is 13.8. The Kier molecular flexibility index (Phi) is 4.69. The van der Waals surface area contributed by atoms with Crippen LogP contribution in [0.25, 0.3) is 11.3 Å². The highest BCUT2D eigenvalue weighted by molar-refractivity contribution is 7.10. The lowest BCUT2D eigenvalue weighted by Crippen LogP contribution is -2.10. The van der Waals surface area contributed by atoms with Crippen LogP contribution < -0.4 is 4.74 Å². The van der Waals surface area contributed by atoms with Crippen LogP contribution in [0.1, 0.15) is 21.3 Å². The third-order valence-electron chi connectivity index (χ3n) is 3.60. The fourth-order valence-electron chi connectivity index (χ4n) is 2.31. The summed E-state index contributed by atoms with van der Waals surface area (Å²) in [4.78, 5) is 17.0. The molecular weight excluding hydrogens is 320 g/mol. The van der Waals surface area contributed by atoms with Crippen molar-refractivity contribution in [2.75, 3.05) is 7.11 Å². The van der Waals surface area contributed by atoms with Crippen LogP contribution in [0.3, 0.4) is 0 Å². The van der Waals surface area contributed by atoms with Crippen molar-refractivity contribution in [2.24, 2.45) is 0 Å². The highest BCUT2D eigenvalue weighted by Crippen LogP contribution is 2.29. The van der Waals surface area contributed by atoms with E-state index in [2.05, 4.69) is 11.1 Å². The van der Waals surface area contributed by atoms with Gasteiger partial charge in [0.2, 0.25) is 0 Å². The van der Waals surface area contributed by atoms with Gasteiger partial charge in [0.05, 0.1) is 18.9 Å². The molecule has 0 bridgehead atoms. The summed E-state index contributed by atoms with van der Waals surface area (Å²) in [5.74, 6) is -0.346. The monoisotopic (exact) mass is 334 g/mol. The standard InChI is InChI=1S/C19H14N2O2S/c1-23-15-9-7-13(8-10-15)17-12-24-19(21-17)16(11-20)18(22)14-5-3-2-4-6-14/h2-10,12,16H,1H3. The summed E-state index contributed by atoms with van der Waals surface area (Å²) in [6.07, 6.45) is 0. The van der Waals surface area contributed by atoms with E-state index >= 15 is 0 Å². The second-order valence-corrected chi connectivity index (χ2v) is 5.98. The predicted octanol–water partition coefficient (Wildman–Crippen LogP) is 4.31. The average Bonchev–Trinajstić information content (AvgIpc) is 3.13. The third kappa shape index (κ3) is 3.19. The Balaban J connectivity index is 1.88. The van der Waals surface area contributed by atoms with E-state index in [9.17, 15) is 10.1 Å². The van der Waals surface area contributed by atoms with E-state index < -0.39 is 5.92 Å². The first-order valence-corrected chi connectivity index (χ1v) is 8.19. The summed E-state index contributed by atoms with van der Waals surface area (Å²) >= 11 is 1.32. The molecule has 0 saturated heterocycles. The number of hydrogen-bond acceptors (Lipinski definition) is 5. The van der Waals surface area contributed by atoms with Crippen molar-refractivity contribution >= 4 is 17.1 Å². The normalized spacial score (nSPS) is 11.5. The van der Waals surface area contributed by atoms with Crippen LogP contribution >= 0.6 is 11.3 Å². The van der Waals surface area contributed by atoms with Gasteiger partial charge < -0.3 is 4.74 Å². The molecule has 0 aliphatic carbocycles. The van der Waals surface area contributed by atoms with Crippen molar-refractivity contribution < 1.29 is 9.53 Å². The van der Waals surface area contributed by atoms with Crippen molar-refractivity contribution in [3.63, 3.8) is 0 Å². The SMILES string of the molecule is COc1ccc(-c2csc(C(C#N)C(=O)c3ccccc3)n2)cc1. The minimum atomic E-state index is -0.885. The van der Waals surface area contributed by atoms with Crippen LogP contribution in [-0.4, -0.2) is 17.9 Å². The van der Waals surface area contributed by atoms with Crippen molar-refractivity contribution in [1.29, 1.82) is 5.26 Å². The maximum absolute atomic E-state index is 12.5. The number of methoxy groups -OCH3 is 1. The van der Waals surface area contributed by atoms with Gasteiger partial charge in [-0.1, -0.05) is 30.3 Å². The summed E-state index contributed by atoms with van der Waals surface area (Å²) in [5.41, 5.74) is 2.19. The molecule has 3 rings (SSSR count). The number of aromatic nitrogens is 1. The fourth-order valence-corrected chi connectivity index (χ4v) is 3.18. The summed E-state index contributed by atoms with van der Waals surface area (Å²) < 4.78 is 5.14. The summed E-state index contributed by atoms with van der Waals surface area (Å²) in [6.45, 7) is 0. The number of nitriles is 1. The number of ketones is 1. The van der Waals surface area contributed by atoms with E-state index in [1.165, 1.54) is 11.3 Å². The van der Waals surface area contributed by atoms with Crippen molar-refractivity contribution in [1.82, 2.24) is 4.98 Å². The molecule has 24 heavy (non-hydrogen) atoms. The molecule has 2 aromatic carbocycles. The maximum Gasteiger partial charge on any atom is 0.186 e. The first kappa shape index (κ1) is 15.9. The van der Waals surface area contributed by atoms with E-state index in [-0.39, 0.29) is 5.78 Å². The van der Waals surface area contributed by atoms with Crippen LogP contribution in [0.4, 0.5) is 0 Å². The summed E-state index contributed by atoms with van der Waals surface area (Å²) in [6, 6.07) is 18.4. The van der Waals surface area contributed by atoms with Gasteiger partial charge in [-0.15, -0.1) is 11.3 Å². The number of benzene rings is 2. The highest BCUT2D eigenvalue weighted by Gasteiger charge is 2.25. The summed E-state index contributed by atoms with van der Waals surface area (Å²) in [7, 11) is 1.61. The maximum atomic E-state index is 12.5. The number of carbonyl (C=O) groups excluding carboxylic acids is 1. The van der Waals surface area contributed by atoms with Gasteiger partial charge in [0.25, 0.3) is 0 Å². The molecule has 1 heterocycles. The predicted molar refractivity (Wildman–Crippen MR) is 93.2 cm³/mol. The van der Waals surface area contributed by atoms with Crippen molar-refractivity contribution in [3.8, 4) is 23.1 Å². The molecule has 0 spiro atoms. The first-order chi connectivity index (χ1) is 11.7. The molecule has 1 aromatic heterocycles. The van der Waals surface area contributed by atoms with Crippen molar-refractivity contribution in [3.05, 3.63) is 70.5 Å². The Labute approximate surface area is 144 Å². The third-order valence-corrected chi connectivity index (χ3v) is 4.51. The Morgan fingerprint density at radius 2 is 1.88 bits per heavy atom. The Hall–Kier alpha value is -2.97. The second-order valence-electron chi connectivity index (χ2n) is 5.09. The second kappa shape index (κ2) is 7.07. The van der Waals surface area contributed by atoms with Crippen LogP contribution in [-0.2, 0) is 0 Å². The van der Waals surface area contributed by atoms with Gasteiger partial charge >= 0.3 is 0 Å². The van der Waals surface area contributed by atoms with E-state index in [4.69, 9.17) is 4.74 Å². The summed E-state index contributed by atoms with van der Waals surface area (Å²) in [5, 5.41) is 11.8.